The largest absolute Gasteiger partial charge is 0.478 e. The van der Waals surface area contributed by atoms with Crippen LogP contribution >= 0.6 is 0 Å². The number of carboxylic acids is 1. The molecular formula is C14H9F3O3. The van der Waals surface area contributed by atoms with Crippen LogP contribution in [0.5, 0.6) is 0 Å². The molecule has 104 valence electrons. The molecule has 0 atom stereocenters. The first-order valence-corrected chi connectivity index (χ1v) is 5.55. The molecule has 6 heteroatoms. The van der Waals surface area contributed by atoms with E-state index in [0.29, 0.717) is 0 Å². The van der Waals surface area contributed by atoms with Gasteiger partial charge in [0.25, 0.3) is 0 Å². The number of hydrogen-bond donors (Lipinski definition) is 1. The van der Waals surface area contributed by atoms with Crippen LogP contribution in [-0.2, 0) is 11.0 Å². The molecule has 0 fully saturated rings. The van der Waals surface area contributed by atoms with Gasteiger partial charge in [0.05, 0.1) is 5.56 Å². The smallest absolute Gasteiger partial charge is 0.416 e. The van der Waals surface area contributed by atoms with E-state index >= 15 is 0 Å². The lowest BCUT2D eigenvalue weighted by Crippen LogP contribution is -2.04. The second-order valence-corrected chi connectivity index (χ2v) is 3.95. The van der Waals surface area contributed by atoms with Crippen molar-refractivity contribution in [2.45, 2.75) is 6.18 Å². The molecule has 0 saturated carbocycles. The average molecular weight is 282 g/mol. The van der Waals surface area contributed by atoms with Crippen LogP contribution in [0.15, 0.2) is 46.9 Å². The fourth-order valence-corrected chi connectivity index (χ4v) is 1.60. The van der Waals surface area contributed by atoms with Gasteiger partial charge in [-0.05, 0) is 30.3 Å². The van der Waals surface area contributed by atoms with Gasteiger partial charge in [-0.15, -0.1) is 0 Å². The Morgan fingerprint density at radius 1 is 1.20 bits per heavy atom. The summed E-state index contributed by atoms with van der Waals surface area (Å²) in [4.78, 5) is 10.4. The zero-order valence-electron chi connectivity index (χ0n) is 10.0. The lowest BCUT2D eigenvalue weighted by atomic mass is 10.1. The summed E-state index contributed by atoms with van der Waals surface area (Å²) in [6, 6.07) is 7.68. The first-order valence-electron chi connectivity index (χ1n) is 5.55. The standard InChI is InChI=1S/C14H9F3O3/c15-14(16,17)10-3-1-2-9(8-10)12-6-4-11(20-12)5-7-13(18)19/h1-8H,(H,18,19)/b7-5+. The van der Waals surface area contributed by atoms with Crippen LogP contribution in [0.1, 0.15) is 11.3 Å². The lowest BCUT2D eigenvalue weighted by molar-refractivity contribution is -0.137. The number of hydrogen-bond acceptors (Lipinski definition) is 2. The van der Waals surface area contributed by atoms with Gasteiger partial charge in [0.2, 0.25) is 0 Å². The van der Waals surface area contributed by atoms with Crippen LogP contribution in [0.2, 0.25) is 0 Å². The highest BCUT2D eigenvalue weighted by atomic mass is 19.4. The summed E-state index contributed by atoms with van der Waals surface area (Å²) < 4.78 is 43.0. The fourth-order valence-electron chi connectivity index (χ4n) is 1.60. The van der Waals surface area contributed by atoms with Gasteiger partial charge < -0.3 is 9.52 Å². The molecule has 1 aromatic heterocycles. The highest BCUT2D eigenvalue weighted by molar-refractivity contribution is 5.84. The van der Waals surface area contributed by atoms with E-state index in [1.54, 1.807) is 0 Å². The predicted octanol–water partition coefficient (Wildman–Crippen LogP) is 4.06. The van der Waals surface area contributed by atoms with Crippen molar-refractivity contribution in [2.75, 3.05) is 0 Å². The van der Waals surface area contributed by atoms with Gasteiger partial charge in [0, 0.05) is 11.6 Å². The molecule has 0 unspecified atom stereocenters. The molecular weight excluding hydrogens is 273 g/mol. The molecule has 2 aromatic rings. The molecule has 0 bridgehead atoms. The number of rotatable bonds is 3. The molecule has 1 aromatic carbocycles. The van der Waals surface area contributed by atoms with Gasteiger partial charge in [0.15, 0.2) is 0 Å². The summed E-state index contributed by atoms with van der Waals surface area (Å²) in [5.41, 5.74) is -0.496. The Bertz CT molecular complexity index is 654. The molecule has 1 heterocycles. The quantitative estimate of drug-likeness (QED) is 0.863. The maximum atomic E-state index is 12.6. The van der Waals surface area contributed by atoms with Crippen molar-refractivity contribution in [2.24, 2.45) is 0 Å². The van der Waals surface area contributed by atoms with Crippen LogP contribution in [0.3, 0.4) is 0 Å². The van der Waals surface area contributed by atoms with E-state index in [9.17, 15) is 18.0 Å². The zero-order valence-corrected chi connectivity index (χ0v) is 10.0. The van der Waals surface area contributed by atoms with E-state index in [-0.39, 0.29) is 17.1 Å². The molecule has 3 nitrogen and oxygen atoms in total. The van der Waals surface area contributed by atoms with E-state index in [1.165, 1.54) is 30.3 Å². The Morgan fingerprint density at radius 3 is 2.60 bits per heavy atom. The Labute approximate surface area is 112 Å². The molecule has 0 aliphatic heterocycles. The zero-order chi connectivity index (χ0) is 14.8. The van der Waals surface area contributed by atoms with Gasteiger partial charge in [-0.25, -0.2) is 4.79 Å². The van der Waals surface area contributed by atoms with Gasteiger partial charge in [-0.1, -0.05) is 12.1 Å². The van der Waals surface area contributed by atoms with Crippen molar-refractivity contribution in [1.82, 2.24) is 0 Å². The Morgan fingerprint density at radius 2 is 1.95 bits per heavy atom. The molecule has 1 N–H and O–H groups in total. The number of aliphatic carboxylic acids is 1. The number of carboxylic acid groups (broad SMARTS) is 1. The molecule has 0 aliphatic carbocycles. The third kappa shape index (κ3) is 3.28. The van der Waals surface area contributed by atoms with Gasteiger partial charge in [-0.2, -0.15) is 13.2 Å². The molecule has 0 spiro atoms. The molecule has 0 aliphatic rings. The van der Waals surface area contributed by atoms with E-state index in [0.717, 1.165) is 18.2 Å². The van der Waals surface area contributed by atoms with Crippen LogP contribution in [0, 0.1) is 0 Å². The minimum absolute atomic E-state index is 0.237. The topological polar surface area (TPSA) is 50.4 Å². The van der Waals surface area contributed by atoms with E-state index < -0.39 is 17.7 Å². The van der Waals surface area contributed by atoms with E-state index in [4.69, 9.17) is 9.52 Å². The van der Waals surface area contributed by atoms with Gasteiger partial charge in [0.1, 0.15) is 11.5 Å². The first-order chi connectivity index (χ1) is 9.36. The van der Waals surface area contributed by atoms with Crippen molar-refractivity contribution in [1.29, 1.82) is 0 Å². The third-order valence-electron chi connectivity index (χ3n) is 2.49. The Hall–Kier alpha value is -2.50. The summed E-state index contributed by atoms with van der Waals surface area (Å²) in [5.74, 6) is -0.650. The SMILES string of the molecule is O=C(O)/C=C/c1ccc(-c2cccc(C(F)(F)F)c2)o1. The normalized spacial score (nSPS) is 11.9. The van der Waals surface area contributed by atoms with Crippen molar-refractivity contribution >= 4 is 12.0 Å². The number of alkyl halides is 3. The monoisotopic (exact) mass is 282 g/mol. The molecule has 0 amide bonds. The van der Waals surface area contributed by atoms with Crippen molar-refractivity contribution in [3.63, 3.8) is 0 Å². The second kappa shape index (κ2) is 5.24. The summed E-state index contributed by atoms with van der Waals surface area (Å²) in [7, 11) is 0. The summed E-state index contributed by atoms with van der Waals surface area (Å²) >= 11 is 0. The Balaban J connectivity index is 2.31. The van der Waals surface area contributed by atoms with Crippen LogP contribution < -0.4 is 0 Å². The minimum atomic E-state index is -4.42. The van der Waals surface area contributed by atoms with Gasteiger partial charge >= 0.3 is 12.1 Å². The van der Waals surface area contributed by atoms with Crippen molar-refractivity contribution in [3.8, 4) is 11.3 Å². The fraction of sp³-hybridized carbons (Fsp3) is 0.0714. The van der Waals surface area contributed by atoms with Crippen molar-refractivity contribution in [3.05, 3.63) is 53.8 Å². The minimum Gasteiger partial charge on any atom is -0.478 e. The maximum Gasteiger partial charge on any atom is 0.416 e. The summed E-state index contributed by atoms with van der Waals surface area (Å²) in [6.45, 7) is 0. The van der Waals surface area contributed by atoms with Crippen molar-refractivity contribution < 1.29 is 27.5 Å². The first kappa shape index (κ1) is 13.9. The van der Waals surface area contributed by atoms with Crippen LogP contribution in [0.25, 0.3) is 17.4 Å². The van der Waals surface area contributed by atoms with Crippen LogP contribution in [0.4, 0.5) is 13.2 Å². The summed E-state index contributed by atoms with van der Waals surface area (Å²) in [6.07, 6.45) is -2.32. The number of benzene rings is 1. The summed E-state index contributed by atoms with van der Waals surface area (Å²) in [5, 5.41) is 8.47. The molecule has 0 saturated heterocycles. The average Bonchev–Trinajstić information content (AvgIpc) is 2.84. The van der Waals surface area contributed by atoms with Gasteiger partial charge in [-0.3, -0.25) is 0 Å². The number of furan rings is 1. The highest BCUT2D eigenvalue weighted by Crippen LogP contribution is 2.32. The third-order valence-corrected chi connectivity index (χ3v) is 2.49. The second-order valence-electron chi connectivity index (χ2n) is 3.95. The lowest BCUT2D eigenvalue weighted by Gasteiger charge is -2.07. The molecule has 0 radical (unpaired) electrons. The van der Waals surface area contributed by atoms with Crippen LogP contribution in [-0.4, -0.2) is 11.1 Å². The Kier molecular flexibility index (Phi) is 3.65. The van der Waals surface area contributed by atoms with E-state index in [2.05, 4.69) is 0 Å². The van der Waals surface area contributed by atoms with E-state index in [1.807, 2.05) is 0 Å². The number of halogens is 3. The molecule has 2 rings (SSSR count). The highest BCUT2D eigenvalue weighted by Gasteiger charge is 2.30. The number of carbonyl (C=O) groups is 1. The predicted molar refractivity (Wildman–Crippen MR) is 65.8 cm³/mol. The molecule has 20 heavy (non-hydrogen) atoms. The maximum absolute atomic E-state index is 12.6.